The minimum atomic E-state index is -0.992. The predicted molar refractivity (Wildman–Crippen MR) is 53.8 cm³/mol. The van der Waals surface area contributed by atoms with Crippen LogP contribution in [0.5, 0.6) is 0 Å². The molecule has 0 fully saturated rings. The summed E-state index contributed by atoms with van der Waals surface area (Å²) in [5.74, 6) is -0.0472. The molecule has 0 radical (unpaired) electrons. The summed E-state index contributed by atoms with van der Waals surface area (Å²) < 4.78 is 0. The molecule has 86 valence electrons. The Hall–Kier alpha value is -0.160. The van der Waals surface area contributed by atoms with Crippen molar-refractivity contribution >= 4 is 0 Å². The van der Waals surface area contributed by atoms with Crippen molar-refractivity contribution in [2.45, 2.75) is 38.2 Å². The van der Waals surface area contributed by atoms with Crippen molar-refractivity contribution in [2.75, 3.05) is 19.8 Å². The molecule has 14 heavy (non-hydrogen) atoms. The molecule has 0 aliphatic rings. The lowest BCUT2D eigenvalue weighted by Crippen LogP contribution is -2.28. The first kappa shape index (κ1) is 13.8. The minimum Gasteiger partial charge on any atom is -0.396 e. The van der Waals surface area contributed by atoms with Crippen molar-refractivity contribution in [3.63, 3.8) is 0 Å². The van der Waals surface area contributed by atoms with Crippen LogP contribution >= 0.6 is 0 Å². The summed E-state index contributed by atoms with van der Waals surface area (Å²) in [5.41, 5.74) is -0.992. The van der Waals surface area contributed by atoms with E-state index in [2.05, 4.69) is 0 Å². The van der Waals surface area contributed by atoms with Crippen molar-refractivity contribution < 1.29 is 20.4 Å². The number of hydrogen-bond donors (Lipinski definition) is 4. The molecule has 0 bridgehead atoms. The van der Waals surface area contributed by atoms with Crippen LogP contribution in [-0.2, 0) is 0 Å². The number of aliphatic hydroxyl groups is 4. The van der Waals surface area contributed by atoms with Crippen LogP contribution in [0.4, 0.5) is 0 Å². The van der Waals surface area contributed by atoms with Crippen LogP contribution in [0.2, 0.25) is 0 Å². The monoisotopic (exact) mass is 206 g/mol. The van der Waals surface area contributed by atoms with Gasteiger partial charge in [0.15, 0.2) is 0 Å². The van der Waals surface area contributed by atoms with Crippen molar-refractivity contribution in [2.24, 2.45) is 5.92 Å². The summed E-state index contributed by atoms with van der Waals surface area (Å²) in [6.07, 6.45) is 2.95. The van der Waals surface area contributed by atoms with E-state index in [0.29, 0.717) is 6.42 Å². The van der Waals surface area contributed by atoms with Gasteiger partial charge in [-0.15, -0.1) is 0 Å². The molecule has 0 aliphatic heterocycles. The first-order valence-corrected chi connectivity index (χ1v) is 5.10. The second kappa shape index (κ2) is 7.17. The molecule has 1 unspecified atom stereocenters. The Labute approximate surface area is 85.2 Å². The lowest BCUT2D eigenvalue weighted by Gasteiger charge is -2.20. The van der Waals surface area contributed by atoms with Crippen LogP contribution in [0.3, 0.4) is 0 Å². The van der Waals surface area contributed by atoms with Crippen molar-refractivity contribution in [3.8, 4) is 0 Å². The van der Waals surface area contributed by atoms with Gasteiger partial charge in [-0.2, -0.15) is 0 Å². The van der Waals surface area contributed by atoms with Gasteiger partial charge in [0.05, 0.1) is 12.2 Å². The van der Waals surface area contributed by atoms with Crippen LogP contribution in [0.1, 0.15) is 32.6 Å². The summed E-state index contributed by atoms with van der Waals surface area (Å²) in [4.78, 5) is 0. The highest BCUT2D eigenvalue weighted by molar-refractivity contribution is 4.70. The maximum Gasteiger partial charge on any atom is 0.0849 e. The fraction of sp³-hybridized carbons (Fsp3) is 1.00. The molecule has 4 heteroatoms. The quantitative estimate of drug-likeness (QED) is 0.418. The van der Waals surface area contributed by atoms with E-state index in [1.807, 2.05) is 0 Å². The molecule has 4 nitrogen and oxygen atoms in total. The average molecular weight is 206 g/mol. The van der Waals surface area contributed by atoms with Crippen molar-refractivity contribution in [1.29, 1.82) is 0 Å². The Morgan fingerprint density at radius 1 is 1.07 bits per heavy atom. The SMILES string of the molecule is CC(O)(CO)CCCCC(CO)CO. The predicted octanol–water partition coefficient (Wildman–Crippen LogP) is -0.109. The highest BCUT2D eigenvalue weighted by Gasteiger charge is 2.18. The molecule has 1 atom stereocenters. The summed E-state index contributed by atoms with van der Waals surface area (Å²) in [6.45, 7) is 1.39. The zero-order chi connectivity index (χ0) is 11.0. The average Bonchev–Trinajstić information content (AvgIpc) is 2.18. The van der Waals surface area contributed by atoms with E-state index >= 15 is 0 Å². The second-order valence-electron chi connectivity index (χ2n) is 4.13. The topological polar surface area (TPSA) is 80.9 Å². The van der Waals surface area contributed by atoms with Gasteiger partial charge in [-0.25, -0.2) is 0 Å². The van der Waals surface area contributed by atoms with Gasteiger partial charge in [-0.05, 0) is 19.8 Å². The number of rotatable bonds is 8. The van der Waals surface area contributed by atoms with E-state index in [0.717, 1.165) is 19.3 Å². The van der Waals surface area contributed by atoms with Crippen molar-refractivity contribution in [1.82, 2.24) is 0 Å². The lowest BCUT2D eigenvalue weighted by atomic mass is 9.96. The van der Waals surface area contributed by atoms with Crippen LogP contribution in [0, 0.1) is 5.92 Å². The van der Waals surface area contributed by atoms with Gasteiger partial charge >= 0.3 is 0 Å². The number of unbranched alkanes of at least 4 members (excludes halogenated alkanes) is 1. The van der Waals surface area contributed by atoms with E-state index in [1.165, 1.54) is 0 Å². The van der Waals surface area contributed by atoms with Crippen LogP contribution in [0.25, 0.3) is 0 Å². The zero-order valence-corrected chi connectivity index (χ0v) is 8.82. The van der Waals surface area contributed by atoms with Gasteiger partial charge in [-0.3, -0.25) is 0 Å². The zero-order valence-electron chi connectivity index (χ0n) is 8.82. The van der Waals surface area contributed by atoms with Crippen LogP contribution < -0.4 is 0 Å². The normalized spacial score (nSPS) is 15.9. The number of aliphatic hydroxyl groups excluding tert-OH is 3. The van der Waals surface area contributed by atoms with Gasteiger partial charge in [-0.1, -0.05) is 12.8 Å². The molecule has 0 amide bonds. The Balaban J connectivity index is 3.45. The Bertz CT molecular complexity index is 132. The van der Waals surface area contributed by atoms with Crippen LogP contribution in [0.15, 0.2) is 0 Å². The maximum absolute atomic E-state index is 9.45. The van der Waals surface area contributed by atoms with Gasteiger partial charge in [0, 0.05) is 19.1 Å². The third-order valence-electron chi connectivity index (χ3n) is 2.43. The molecule has 0 saturated carbocycles. The molecular formula is C10H22O4. The third-order valence-corrected chi connectivity index (χ3v) is 2.43. The Kier molecular flexibility index (Phi) is 7.09. The maximum atomic E-state index is 9.45. The lowest BCUT2D eigenvalue weighted by molar-refractivity contribution is -0.00738. The van der Waals surface area contributed by atoms with Gasteiger partial charge in [0.2, 0.25) is 0 Å². The number of hydrogen-bond acceptors (Lipinski definition) is 4. The molecule has 0 aromatic carbocycles. The summed E-state index contributed by atoms with van der Waals surface area (Å²) >= 11 is 0. The van der Waals surface area contributed by atoms with E-state index < -0.39 is 5.60 Å². The molecule has 0 heterocycles. The van der Waals surface area contributed by atoms with E-state index in [-0.39, 0.29) is 25.7 Å². The minimum absolute atomic E-state index is 0.00684. The smallest absolute Gasteiger partial charge is 0.0849 e. The van der Waals surface area contributed by atoms with E-state index in [9.17, 15) is 5.11 Å². The largest absolute Gasteiger partial charge is 0.396 e. The highest BCUT2D eigenvalue weighted by atomic mass is 16.3. The highest BCUT2D eigenvalue weighted by Crippen LogP contribution is 2.15. The first-order chi connectivity index (χ1) is 6.55. The van der Waals surface area contributed by atoms with E-state index in [4.69, 9.17) is 15.3 Å². The van der Waals surface area contributed by atoms with Crippen molar-refractivity contribution in [3.05, 3.63) is 0 Å². The fourth-order valence-corrected chi connectivity index (χ4v) is 1.26. The molecule has 0 aromatic rings. The Morgan fingerprint density at radius 2 is 1.64 bits per heavy atom. The molecule has 0 spiro atoms. The fourth-order valence-electron chi connectivity index (χ4n) is 1.26. The molecule has 0 rings (SSSR count). The second-order valence-corrected chi connectivity index (χ2v) is 4.13. The standard InChI is InChI=1S/C10H22O4/c1-10(14,8-13)5-3-2-4-9(6-11)7-12/h9,11-14H,2-8H2,1H3. The molecule has 0 aromatic heterocycles. The summed E-state index contributed by atoms with van der Waals surface area (Å²) in [7, 11) is 0. The van der Waals surface area contributed by atoms with Crippen LogP contribution in [-0.4, -0.2) is 45.8 Å². The molecule has 0 aliphatic carbocycles. The van der Waals surface area contributed by atoms with Gasteiger partial charge < -0.3 is 20.4 Å². The Morgan fingerprint density at radius 3 is 2.07 bits per heavy atom. The molecular weight excluding hydrogens is 184 g/mol. The van der Waals surface area contributed by atoms with Gasteiger partial charge in [0.1, 0.15) is 0 Å². The third kappa shape index (κ3) is 6.32. The van der Waals surface area contributed by atoms with E-state index in [1.54, 1.807) is 6.92 Å². The summed E-state index contributed by atoms with van der Waals surface area (Å²) in [6, 6.07) is 0. The van der Waals surface area contributed by atoms with Gasteiger partial charge in [0.25, 0.3) is 0 Å². The molecule has 0 saturated heterocycles. The molecule has 4 N–H and O–H groups in total. The summed E-state index contributed by atoms with van der Waals surface area (Å²) in [5, 5.41) is 35.8. The first-order valence-electron chi connectivity index (χ1n) is 5.10.